The summed E-state index contributed by atoms with van der Waals surface area (Å²) in [4.78, 5) is 10.9. The van der Waals surface area contributed by atoms with Gasteiger partial charge >= 0.3 is 5.97 Å². The number of halogens is 1. The molecule has 0 atom stereocenters. The van der Waals surface area contributed by atoms with Crippen LogP contribution in [0.3, 0.4) is 0 Å². The Morgan fingerprint density at radius 1 is 1.47 bits per heavy atom. The number of ether oxygens (including phenoxy) is 2. The molecule has 0 heterocycles. The molecule has 0 bridgehead atoms. The van der Waals surface area contributed by atoms with Crippen molar-refractivity contribution in [3.05, 3.63) is 28.8 Å². The van der Waals surface area contributed by atoms with Crippen molar-refractivity contribution < 1.29 is 14.3 Å². The van der Waals surface area contributed by atoms with Crippen LogP contribution in [0.4, 0.5) is 0 Å². The van der Waals surface area contributed by atoms with Gasteiger partial charge in [0.2, 0.25) is 0 Å². The first kappa shape index (κ1) is 13.4. The highest BCUT2D eigenvalue weighted by molar-refractivity contribution is 6.30. The van der Waals surface area contributed by atoms with Crippen molar-refractivity contribution in [1.29, 1.82) is 0 Å². The fraction of sp³-hybridized carbons (Fsp3) is 0.308. The van der Waals surface area contributed by atoms with Crippen molar-refractivity contribution in [1.82, 2.24) is 0 Å². The fourth-order valence-corrected chi connectivity index (χ4v) is 1.30. The van der Waals surface area contributed by atoms with Gasteiger partial charge in [0, 0.05) is 11.4 Å². The Bertz CT molecular complexity index is 457. The minimum absolute atomic E-state index is 0.0718. The molecule has 0 aliphatic carbocycles. The molecule has 1 aromatic rings. The Balaban J connectivity index is 2.70. The third kappa shape index (κ3) is 4.38. The average molecular weight is 253 g/mol. The van der Waals surface area contributed by atoms with Gasteiger partial charge in [-0.2, -0.15) is 0 Å². The Labute approximate surface area is 106 Å². The van der Waals surface area contributed by atoms with Crippen LogP contribution in [0.25, 0.3) is 0 Å². The maximum Gasteiger partial charge on any atom is 0.306 e. The summed E-state index contributed by atoms with van der Waals surface area (Å²) in [6, 6.07) is 5.17. The van der Waals surface area contributed by atoms with Crippen LogP contribution in [0.1, 0.15) is 18.9 Å². The molecule has 0 saturated carbocycles. The van der Waals surface area contributed by atoms with E-state index in [1.165, 1.54) is 0 Å². The summed E-state index contributed by atoms with van der Waals surface area (Å²) in [7, 11) is 1.56. The highest BCUT2D eigenvalue weighted by Gasteiger charge is 2.00. The number of carbonyl (C=O) groups excluding carboxylic acids is 1. The van der Waals surface area contributed by atoms with E-state index in [0.29, 0.717) is 22.8 Å². The summed E-state index contributed by atoms with van der Waals surface area (Å²) in [5, 5.41) is 0.584. The summed E-state index contributed by atoms with van der Waals surface area (Å²) >= 11 is 5.85. The first-order valence-corrected chi connectivity index (χ1v) is 5.53. The molecule has 0 radical (unpaired) electrons. The zero-order chi connectivity index (χ0) is 12.7. The lowest BCUT2D eigenvalue weighted by atomic mass is 10.2. The van der Waals surface area contributed by atoms with Crippen molar-refractivity contribution in [2.24, 2.45) is 0 Å². The monoisotopic (exact) mass is 252 g/mol. The van der Waals surface area contributed by atoms with Crippen molar-refractivity contribution >= 4 is 17.6 Å². The molecule has 0 amide bonds. The number of carbonyl (C=O) groups is 1. The van der Waals surface area contributed by atoms with Gasteiger partial charge in [-0.1, -0.05) is 30.4 Å². The molecule has 0 aliphatic rings. The third-order valence-electron chi connectivity index (χ3n) is 1.98. The smallest absolute Gasteiger partial charge is 0.306 e. The molecule has 3 nitrogen and oxygen atoms in total. The maximum atomic E-state index is 10.9. The van der Waals surface area contributed by atoms with Crippen molar-refractivity contribution in [2.75, 3.05) is 13.7 Å². The summed E-state index contributed by atoms with van der Waals surface area (Å²) in [5.41, 5.74) is 0.674. The highest BCUT2D eigenvalue weighted by Crippen LogP contribution is 2.21. The van der Waals surface area contributed by atoms with E-state index in [1.807, 2.05) is 0 Å². The molecule has 0 aromatic heterocycles. The molecule has 0 spiro atoms. The molecule has 0 fully saturated rings. The van der Waals surface area contributed by atoms with Gasteiger partial charge in [-0.25, -0.2) is 0 Å². The van der Waals surface area contributed by atoms with Gasteiger partial charge in [0.05, 0.1) is 12.7 Å². The van der Waals surface area contributed by atoms with E-state index in [-0.39, 0.29) is 12.6 Å². The quantitative estimate of drug-likeness (QED) is 0.613. The molecule has 0 unspecified atom stereocenters. The van der Waals surface area contributed by atoms with Crippen molar-refractivity contribution in [3.8, 4) is 17.6 Å². The number of hydrogen-bond donors (Lipinski definition) is 0. The Hall–Kier alpha value is -1.66. The highest BCUT2D eigenvalue weighted by atomic mass is 35.5. The van der Waals surface area contributed by atoms with Crippen LogP contribution in [0, 0.1) is 11.8 Å². The van der Waals surface area contributed by atoms with E-state index >= 15 is 0 Å². The molecule has 0 aliphatic heterocycles. The van der Waals surface area contributed by atoms with Gasteiger partial charge in [0.1, 0.15) is 5.75 Å². The Morgan fingerprint density at radius 2 is 2.24 bits per heavy atom. The fourth-order valence-electron chi connectivity index (χ4n) is 1.13. The van der Waals surface area contributed by atoms with Crippen molar-refractivity contribution in [3.63, 3.8) is 0 Å². The van der Waals surface area contributed by atoms with Crippen molar-refractivity contribution in [2.45, 2.75) is 13.3 Å². The maximum absolute atomic E-state index is 10.9. The first-order chi connectivity index (χ1) is 8.17. The number of esters is 1. The second kappa shape index (κ2) is 6.82. The van der Waals surface area contributed by atoms with E-state index in [4.69, 9.17) is 21.1 Å². The zero-order valence-corrected chi connectivity index (χ0v) is 10.5. The largest absolute Gasteiger partial charge is 0.495 e. The summed E-state index contributed by atoms with van der Waals surface area (Å²) < 4.78 is 9.96. The van der Waals surface area contributed by atoms with Crippen LogP contribution >= 0.6 is 11.6 Å². The molecule has 1 aromatic carbocycles. The van der Waals surface area contributed by atoms with Gasteiger partial charge in [-0.05, 0) is 18.2 Å². The number of benzene rings is 1. The van der Waals surface area contributed by atoms with Gasteiger partial charge in [-0.15, -0.1) is 0 Å². The van der Waals surface area contributed by atoms with Crippen LogP contribution in [-0.2, 0) is 9.53 Å². The third-order valence-corrected chi connectivity index (χ3v) is 2.21. The standard InChI is InChI=1S/C13H13ClO3/c1-3-13(15)17-8-4-5-10-9-11(14)6-7-12(10)16-2/h6-7,9H,3,8H2,1-2H3. The van der Waals surface area contributed by atoms with E-state index in [9.17, 15) is 4.79 Å². The summed E-state index contributed by atoms with van der Waals surface area (Å²) in [5.74, 6) is 5.96. The van der Waals surface area contributed by atoms with E-state index in [1.54, 1.807) is 32.2 Å². The molecule has 4 heteroatoms. The molecular formula is C13H13ClO3. The number of hydrogen-bond acceptors (Lipinski definition) is 3. The lowest BCUT2D eigenvalue weighted by Gasteiger charge is -2.02. The molecule has 0 N–H and O–H groups in total. The second-order valence-electron chi connectivity index (χ2n) is 3.16. The lowest BCUT2D eigenvalue weighted by molar-refractivity contribution is -0.141. The zero-order valence-electron chi connectivity index (χ0n) is 9.75. The molecular weight excluding hydrogens is 240 g/mol. The lowest BCUT2D eigenvalue weighted by Crippen LogP contribution is -2.01. The summed E-state index contributed by atoms with van der Waals surface area (Å²) in [6.45, 7) is 1.80. The van der Waals surface area contributed by atoms with Crippen LogP contribution in [0.15, 0.2) is 18.2 Å². The molecule has 17 heavy (non-hydrogen) atoms. The molecule has 1 rings (SSSR count). The van der Waals surface area contributed by atoms with E-state index < -0.39 is 0 Å². The van der Waals surface area contributed by atoms with Gasteiger partial charge < -0.3 is 9.47 Å². The van der Waals surface area contributed by atoms with E-state index in [2.05, 4.69) is 11.8 Å². The average Bonchev–Trinajstić information content (AvgIpc) is 2.34. The Kier molecular flexibility index (Phi) is 5.38. The predicted octanol–water partition coefficient (Wildman–Crippen LogP) is 2.65. The van der Waals surface area contributed by atoms with Crippen LogP contribution in [-0.4, -0.2) is 19.7 Å². The van der Waals surface area contributed by atoms with Crippen LogP contribution < -0.4 is 4.74 Å². The SMILES string of the molecule is CCC(=O)OCC#Cc1cc(Cl)ccc1OC. The second-order valence-corrected chi connectivity index (χ2v) is 3.60. The molecule has 0 saturated heterocycles. The van der Waals surface area contributed by atoms with E-state index in [0.717, 1.165) is 0 Å². The molecule has 90 valence electrons. The topological polar surface area (TPSA) is 35.5 Å². The van der Waals surface area contributed by atoms with Crippen LogP contribution in [0.2, 0.25) is 5.02 Å². The first-order valence-electron chi connectivity index (χ1n) is 5.15. The number of methoxy groups -OCH3 is 1. The Morgan fingerprint density at radius 3 is 2.88 bits per heavy atom. The summed E-state index contributed by atoms with van der Waals surface area (Å²) in [6.07, 6.45) is 0.349. The van der Waals surface area contributed by atoms with Gasteiger partial charge in [0.25, 0.3) is 0 Å². The normalized spacial score (nSPS) is 9.12. The van der Waals surface area contributed by atoms with Gasteiger partial charge in [-0.3, -0.25) is 4.79 Å². The van der Waals surface area contributed by atoms with Crippen LogP contribution in [0.5, 0.6) is 5.75 Å². The predicted molar refractivity (Wildman–Crippen MR) is 66.1 cm³/mol. The number of rotatable bonds is 3. The van der Waals surface area contributed by atoms with Gasteiger partial charge in [0.15, 0.2) is 6.61 Å². The minimum Gasteiger partial charge on any atom is -0.495 e. The minimum atomic E-state index is -0.266.